The van der Waals surface area contributed by atoms with Crippen LogP contribution in [0.15, 0.2) is 42.5 Å². The highest BCUT2D eigenvalue weighted by Crippen LogP contribution is 2.31. The predicted octanol–water partition coefficient (Wildman–Crippen LogP) is 4.46. The van der Waals surface area contributed by atoms with Gasteiger partial charge in [-0.05, 0) is 55.8 Å². The zero-order valence-corrected chi connectivity index (χ0v) is 17.1. The molecule has 2 aromatic carbocycles. The quantitative estimate of drug-likeness (QED) is 0.636. The number of thiazole rings is 1. The van der Waals surface area contributed by atoms with Crippen molar-refractivity contribution >= 4 is 22.4 Å². The number of carbonyl (C=O) groups is 1. The van der Waals surface area contributed by atoms with Gasteiger partial charge in [0, 0.05) is 10.4 Å². The third-order valence-corrected chi connectivity index (χ3v) is 4.97. The number of amides is 1. The standard InChI is InChI=1S/C21H22N2O4S/c1-13-5-10-17(18(11-13)26-4)27-12-19(24)22-21-23-20(14(2)28-21)15-6-8-16(25-3)9-7-15/h5-11H,12H2,1-4H3,(H,22,23,24). The van der Waals surface area contributed by atoms with Crippen molar-refractivity contribution in [1.82, 2.24) is 4.98 Å². The Kier molecular flexibility index (Phi) is 6.16. The number of nitrogens with zero attached hydrogens (tertiary/aromatic N) is 1. The molecule has 0 unspecified atom stereocenters. The van der Waals surface area contributed by atoms with E-state index < -0.39 is 0 Å². The maximum atomic E-state index is 12.3. The second kappa shape index (κ2) is 8.75. The Balaban J connectivity index is 1.64. The Morgan fingerprint density at radius 3 is 2.46 bits per heavy atom. The Labute approximate surface area is 168 Å². The Bertz CT molecular complexity index is 967. The van der Waals surface area contributed by atoms with Crippen molar-refractivity contribution in [1.29, 1.82) is 0 Å². The van der Waals surface area contributed by atoms with Gasteiger partial charge < -0.3 is 14.2 Å². The molecule has 28 heavy (non-hydrogen) atoms. The van der Waals surface area contributed by atoms with E-state index in [1.165, 1.54) is 11.3 Å². The first-order valence-electron chi connectivity index (χ1n) is 8.69. The SMILES string of the molecule is COc1ccc(-c2nc(NC(=O)COc3ccc(C)cc3OC)sc2C)cc1. The van der Waals surface area contributed by atoms with Crippen molar-refractivity contribution < 1.29 is 19.0 Å². The summed E-state index contributed by atoms with van der Waals surface area (Å²) in [6.07, 6.45) is 0. The third kappa shape index (κ3) is 4.61. The summed E-state index contributed by atoms with van der Waals surface area (Å²) in [6, 6.07) is 13.2. The zero-order chi connectivity index (χ0) is 20.1. The summed E-state index contributed by atoms with van der Waals surface area (Å²) in [4.78, 5) is 17.8. The third-order valence-electron chi connectivity index (χ3n) is 4.08. The summed E-state index contributed by atoms with van der Waals surface area (Å²) in [7, 11) is 3.20. The highest BCUT2D eigenvalue weighted by Gasteiger charge is 2.13. The lowest BCUT2D eigenvalue weighted by atomic mass is 10.1. The number of ether oxygens (including phenoxy) is 3. The van der Waals surface area contributed by atoms with E-state index in [4.69, 9.17) is 14.2 Å². The maximum Gasteiger partial charge on any atom is 0.264 e. The van der Waals surface area contributed by atoms with Crippen LogP contribution in [0.25, 0.3) is 11.3 Å². The van der Waals surface area contributed by atoms with Crippen LogP contribution in [0.5, 0.6) is 17.2 Å². The highest BCUT2D eigenvalue weighted by molar-refractivity contribution is 7.16. The first-order valence-corrected chi connectivity index (χ1v) is 9.51. The molecule has 0 radical (unpaired) electrons. The van der Waals surface area contributed by atoms with Gasteiger partial charge in [-0.25, -0.2) is 4.98 Å². The number of carbonyl (C=O) groups excluding carboxylic acids is 1. The Hall–Kier alpha value is -3.06. The maximum absolute atomic E-state index is 12.3. The molecule has 0 aliphatic carbocycles. The van der Waals surface area contributed by atoms with Gasteiger partial charge in [0.05, 0.1) is 19.9 Å². The van der Waals surface area contributed by atoms with Crippen molar-refractivity contribution in [2.75, 3.05) is 26.1 Å². The fourth-order valence-electron chi connectivity index (χ4n) is 2.66. The average molecular weight is 398 g/mol. The molecule has 0 saturated heterocycles. The van der Waals surface area contributed by atoms with Gasteiger partial charge in [-0.15, -0.1) is 11.3 Å². The molecule has 3 rings (SSSR count). The number of methoxy groups -OCH3 is 2. The van der Waals surface area contributed by atoms with Crippen LogP contribution >= 0.6 is 11.3 Å². The van der Waals surface area contributed by atoms with Gasteiger partial charge in [0.1, 0.15) is 5.75 Å². The molecule has 3 aromatic rings. The van der Waals surface area contributed by atoms with Gasteiger partial charge in [-0.3, -0.25) is 10.1 Å². The van der Waals surface area contributed by atoms with Crippen LogP contribution in [-0.4, -0.2) is 31.7 Å². The van der Waals surface area contributed by atoms with Gasteiger partial charge in [0.2, 0.25) is 0 Å². The smallest absolute Gasteiger partial charge is 0.264 e. The topological polar surface area (TPSA) is 69.7 Å². The molecule has 6 nitrogen and oxygen atoms in total. The van der Waals surface area contributed by atoms with Gasteiger partial charge in [0.15, 0.2) is 23.2 Å². The number of hydrogen-bond donors (Lipinski definition) is 1. The van der Waals surface area contributed by atoms with Crippen LogP contribution in [0.1, 0.15) is 10.4 Å². The lowest BCUT2D eigenvalue weighted by Gasteiger charge is -2.10. The van der Waals surface area contributed by atoms with Crippen LogP contribution in [-0.2, 0) is 4.79 Å². The average Bonchev–Trinajstić information content (AvgIpc) is 3.06. The molecule has 7 heteroatoms. The van der Waals surface area contributed by atoms with E-state index in [0.717, 1.165) is 27.4 Å². The second-order valence-electron chi connectivity index (χ2n) is 6.14. The molecule has 1 aromatic heterocycles. The van der Waals surface area contributed by atoms with Crippen molar-refractivity contribution in [3.05, 3.63) is 52.9 Å². The number of aromatic nitrogens is 1. The number of anilines is 1. The lowest BCUT2D eigenvalue weighted by molar-refractivity contribution is -0.118. The first-order chi connectivity index (χ1) is 13.5. The Morgan fingerprint density at radius 2 is 1.79 bits per heavy atom. The summed E-state index contributed by atoms with van der Waals surface area (Å²) in [5, 5.41) is 3.33. The number of aryl methyl sites for hydroxylation is 2. The Morgan fingerprint density at radius 1 is 1.04 bits per heavy atom. The van der Waals surface area contributed by atoms with Gasteiger partial charge in [0.25, 0.3) is 5.91 Å². The summed E-state index contributed by atoms with van der Waals surface area (Å²) >= 11 is 1.42. The van der Waals surface area contributed by atoms with Gasteiger partial charge >= 0.3 is 0 Å². The van der Waals surface area contributed by atoms with E-state index in [9.17, 15) is 4.79 Å². The largest absolute Gasteiger partial charge is 0.497 e. The summed E-state index contributed by atoms with van der Waals surface area (Å²) in [5.41, 5.74) is 2.86. The van der Waals surface area contributed by atoms with E-state index in [-0.39, 0.29) is 12.5 Å². The van der Waals surface area contributed by atoms with Crippen LogP contribution in [0.2, 0.25) is 0 Å². The molecule has 146 valence electrons. The second-order valence-corrected chi connectivity index (χ2v) is 7.35. The molecule has 1 heterocycles. The summed E-state index contributed by atoms with van der Waals surface area (Å²) < 4.78 is 16.1. The minimum atomic E-state index is -0.280. The van der Waals surface area contributed by atoms with E-state index in [2.05, 4.69) is 10.3 Å². The zero-order valence-electron chi connectivity index (χ0n) is 16.2. The monoisotopic (exact) mass is 398 g/mol. The van der Waals surface area contributed by atoms with Crippen LogP contribution < -0.4 is 19.5 Å². The van der Waals surface area contributed by atoms with Gasteiger partial charge in [-0.2, -0.15) is 0 Å². The molecule has 0 saturated carbocycles. The molecule has 1 amide bonds. The predicted molar refractivity (Wildman–Crippen MR) is 111 cm³/mol. The molecule has 0 aliphatic heterocycles. The number of hydrogen-bond acceptors (Lipinski definition) is 6. The van der Waals surface area contributed by atoms with Crippen molar-refractivity contribution in [2.24, 2.45) is 0 Å². The molecule has 0 spiro atoms. The molecule has 1 N–H and O–H groups in total. The number of nitrogens with one attached hydrogen (secondary N) is 1. The van der Waals surface area contributed by atoms with Crippen molar-refractivity contribution in [3.63, 3.8) is 0 Å². The minimum Gasteiger partial charge on any atom is -0.497 e. The highest BCUT2D eigenvalue weighted by atomic mass is 32.1. The van der Waals surface area contributed by atoms with Gasteiger partial charge in [-0.1, -0.05) is 6.07 Å². The summed E-state index contributed by atoms with van der Waals surface area (Å²) in [5.74, 6) is 1.63. The molecule has 0 atom stereocenters. The van der Waals surface area contributed by atoms with Crippen LogP contribution in [0.4, 0.5) is 5.13 Å². The van der Waals surface area contributed by atoms with E-state index in [1.807, 2.05) is 50.2 Å². The minimum absolute atomic E-state index is 0.129. The fourth-order valence-corrected chi connectivity index (χ4v) is 3.51. The lowest BCUT2D eigenvalue weighted by Crippen LogP contribution is -2.20. The molecular formula is C21H22N2O4S. The summed E-state index contributed by atoms with van der Waals surface area (Å²) in [6.45, 7) is 3.81. The molecule has 0 bridgehead atoms. The van der Waals surface area contributed by atoms with Crippen molar-refractivity contribution in [3.8, 4) is 28.5 Å². The molecule has 0 aliphatic rings. The van der Waals surface area contributed by atoms with Crippen molar-refractivity contribution in [2.45, 2.75) is 13.8 Å². The van der Waals surface area contributed by atoms with E-state index >= 15 is 0 Å². The first kappa shape index (κ1) is 19.7. The fraction of sp³-hybridized carbons (Fsp3) is 0.238. The molecular weight excluding hydrogens is 376 g/mol. The number of benzene rings is 2. The van der Waals surface area contributed by atoms with E-state index in [0.29, 0.717) is 16.6 Å². The normalized spacial score (nSPS) is 10.4. The van der Waals surface area contributed by atoms with Crippen LogP contribution in [0.3, 0.4) is 0 Å². The number of rotatable bonds is 7. The molecule has 0 fully saturated rings. The van der Waals surface area contributed by atoms with Crippen LogP contribution in [0, 0.1) is 13.8 Å². The van der Waals surface area contributed by atoms with E-state index in [1.54, 1.807) is 20.3 Å².